The van der Waals surface area contributed by atoms with E-state index in [1.165, 1.54) is 89.7 Å². The highest BCUT2D eigenvalue weighted by molar-refractivity contribution is 7.45. The second-order valence-electron chi connectivity index (χ2n) is 10.2. The van der Waals surface area contributed by atoms with Gasteiger partial charge < -0.3 is 13.9 Å². The number of piperidine rings is 1. The molecular formula is C26H52NO4P. The Hall–Kier alpha value is -0.350. The minimum atomic E-state index is -4.24. The first kappa shape index (κ1) is 29.7. The van der Waals surface area contributed by atoms with Gasteiger partial charge in [0, 0.05) is 6.42 Å². The maximum absolute atomic E-state index is 12.0. The van der Waals surface area contributed by atoms with Crippen LogP contribution in [0.2, 0.25) is 0 Å². The Morgan fingerprint density at radius 3 is 1.75 bits per heavy atom. The van der Waals surface area contributed by atoms with Crippen LogP contribution in [0.15, 0.2) is 12.0 Å². The average Bonchev–Trinajstić information content (AvgIpc) is 2.75. The highest BCUT2D eigenvalue weighted by Crippen LogP contribution is 2.40. The van der Waals surface area contributed by atoms with Crippen molar-refractivity contribution in [3.8, 4) is 0 Å². The van der Waals surface area contributed by atoms with Crippen LogP contribution >= 0.6 is 7.82 Å². The third-order valence-electron chi connectivity index (χ3n) is 6.74. The number of quaternary nitrogens is 1. The van der Waals surface area contributed by atoms with Crippen LogP contribution < -0.4 is 4.89 Å². The largest absolute Gasteiger partial charge is 0.746 e. The molecule has 1 unspecified atom stereocenters. The number of hydrogen-bond donors (Lipinski definition) is 0. The predicted molar refractivity (Wildman–Crippen MR) is 133 cm³/mol. The number of phosphoric acid groups is 1. The first-order chi connectivity index (χ1) is 15.4. The summed E-state index contributed by atoms with van der Waals surface area (Å²) in [5.41, 5.74) is 1.01. The topological polar surface area (TPSA) is 58.6 Å². The Morgan fingerprint density at radius 1 is 0.812 bits per heavy atom. The molecular weight excluding hydrogens is 421 g/mol. The van der Waals surface area contributed by atoms with Crippen LogP contribution in [0.3, 0.4) is 0 Å². The van der Waals surface area contributed by atoms with Crippen LogP contribution in [0, 0.1) is 0 Å². The minimum Gasteiger partial charge on any atom is -0.746 e. The Balaban J connectivity index is 1.90. The van der Waals surface area contributed by atoms with Crippen molar-refractivity contribution in [2.45, 2.75) is 129 Å². The lowest BCUT2D eigenvalue weighted by Crippen LogP contribution is -2.42. The monoisotopic (exact) mass is 473 g/mol. The molecule has 1 heterocycles. The van der Waals surface area contributed by atoms with E-state index < -0.39 is 7.82 Å². The molecule has 0 radical (unpaired) electrons. The number of rotatable bonds is 20. The van der Waals surface area contributed by atoms with Gasteiger partial charge in [-0.3, -0.25) is 9.05 Å². The lowest BCUT2D eigenvalue weighted by atomic mass is 10.0. The summed E-state index contributed by atoms with van der Waals surface area (Å²) in [5, 5.41) is 0. The van der Waals surface area contributed by atoms with E-state index in [0.29, 0.717) is 4.48 Å². The van der Waals surface area contributed by atoms with Gasteiger partial charge in [0.25, 0.3) is 0 Å². The van der Waals surface area contributed by atoms with E-state index >= 15 is 0 Å². The van der Waals surface area contributed by atoms with Crippen LogP contribution in [0.25, 0.3) is 0 Å². The second kappa shape index (κ2) is 18.0. The van der Waals surface area contributed by atoms with Crippen LogP contribution in [0.4, 0.5) is 0 Å². The molecule has 0 bridgehead atoms. The van der Waals surface area contributed by atoms with E-state index in [1.807, 2.05) is 0 Å². The van der Waals surface area contributed by atoms with Gasteiger partial charge in [-0.1, -0.05) is 103 Å². The first-order valence-electron chi connectivity index (χ1n) is 13.5. The maximum Gasteiger partial charge on any atom is 0.319 e. The molecule has 0 spiro atoms. The van der Waals surface area contributed by atoms with Gasteiger partial charge in [-0.15, -0.1) is 0 Å². The Morgan fingerprint density at radius 2 is 1.28 bits per heavy atom. The number of phosphoric ester groups is 1. The standard InChI is InChI=1S/C26H52NO4P/c1-4-5-6-7-8-9-10-11-12-13-14-15-16-17-18-21-24-30-32(28,29)31-25-26-22-19-20-23-27(26,2)3/h25H,4-24H2,1-3H3. The molecule has 5 nitrogen and oxygen atoms in total. The number of hydrogen-bond acceptors (Lipinski definition) is 4. The summed E-state index contributed by atoms with van der Waals surface area (Å²) in [6.07, 6.45) is 25.3. The van der Waals surface area contributed by atoms with Crippen molar-refractivity contribution in [3.05, 3.63) is 12.0 Å². The normalized spacial score (nSPS) is 19.2. The molecule has 1 fully saturated rings. The average molecular weight is 474 g/mol. The summed E-state index contributed by atoms with van der Waals surface area (Å²) in [4.78, 5) is 12.0. The summed E-state index contributed by atoms with van der Waals surface area (Å²) in [7, 11) is -0.0722. The number of allylic oxidation sites excluding steroid dienone is 1. The quantitative estimate of drug-likeness (QED) is 0.0781. The molecule has 0 N–H and O–H groups in total. The van der Waals surface area contributed by atoms with Crippen molar-refractivity contribution in [2.75, 3.05) is 27.2 Å². The Kier molecular flexibility index (Phi) is 16.7. The molecule has 32 heavy (non-hydrogen) atoms. The molecule has 1 saturated heterocycles. The van der Waals surface area contributed by atoms with Gasteiger partial charge in [-0.05, 0) is 19.3 Å². The molecule has 0 aromatic rings. The summed E-state index contributed by atoms with van der Waals surface area (Å²) >= 11 is 0. The van der Waals surface area contributed by atoms with Crippen LogP contribution in [0.1, 0.15) is 129 Å². The lowest BCUT2D eigenvalue weighted by Gasteiger charge is -2.35. The summed E-state index contributed by atoms with van der Waals surface area (Å²) in [6, 6.07) is 0. The lowest BCUT2D eigenvalue weighted by molar-refractivity contribution is -0.858. The smallest absolute Gasteiger partial charge is 0.319 e. The minimum absolute atomic E-state index is 0.223. The molecule has 1 rings (SSSR count). The molecule has 0 amide bonds. The molecule has 1 aliphatic rings. The van der Waals surface area contributed by atoms with Crippen molar-refractivity contribution in [1.82, 2.24) is 0 Å². The molecule has 0 aliphatic carbocycles. The first-order valence-corrected chi connectivity index (χ1v) is 15.0. The molecule has 190 valence electrons. The fourth-order valence-electron chi connectivity index (χ4n) is 4.44. The van der Waals surface area contributed by atoms with Gasteiger partial charge in [0.1, 0.15) is 12.0 Å². The highest BCUT2D eigenvalue weighted by Gasteiger charge is 2.27. The Bertz CT molecular complexity index is 536. The zero-order valence-electron chi connectivity index (χ0n) is 21.5. The van der Waals surface area contributed by atoms with E-state index in [2.05, 4.69) is 21.0 Å². The van der Waals surface area contributed by atoms with Crippen molar-refractivity contribution in [2.24, 2.45) is 0 Å². The van der Waals surface area contributed by atoms with Gasteiger partial charge in [0.15, 0.2) is 0 Å². The van der Waals surface area contributed by atoms with Crippen molar-refractivity contribution >= 4 is 7.82 Å². The predicted octanol–water partition coefficient (Wildman–Crippen LogP) is 7.85. The molecule has 1 atom stereocenters. The number of likely N-dealkylation sites (tertiary alicyclic amines) is 1. The van der Waals surface area contributed by atoms with E-state index in [1.54, 1.807) is 0 Å². The summed E-state index contributed by atoms with van der Waals surface area (Å²) in [6.45, 7) is 3.51. The Labute approximate surface area is 199 Å². The van der Waals surface area contributed by atoms with Gasteiger partial charge in [0.2, 0.25) is 0 Å². The van der Waals surface area contributed by atoms with E-state index in [0.717, 1.165) is 50.8 Å². The fraction of sp³-hybridized carbons (Fsp3) is 0.923. The van der Waals surface area contributed by atoms with Crippen LogP contribution in [0.5, 0.6) is 0 Å². The zero-order chi connectivity index (χ0) is 23.5. The van der Waals surface area contributed by atoms with Gasteiger partial charge in [-0.25, -0.2) is 0 Å². The number of nitrogens with zero attached hydrogens (tertiary/aromatic N) is 1. The fourth-order valence-corrected chi connectivity index (χ4v) is 5.11. The van der Waals surface area contributed by atoms with Gasteiger partial charge in [0.05, 0.1) is 27.2 Å². The summed E-state index contributed by atoms with van der Waals surface area (Å²) in [5.74, 6) is 0. The second-order valence-corrected chi connectivity index (χ2v) is 11.5. The maximum atomic E-state index is 12.0. The molecule has 6 heteroatoms. The number of unbranched alkanes of at least 4 members (excludes halogenated alkanes) is 15. The van der Waals surface area contributed by atoms with Gasteiger partial charge >= 0.3 is 7.82 Å². The van der Waals surface area contributed by atoms with Crippen LogP contribution in [-0.2, 0) is 13.6 Å². The van der Waals surface area contributed by atoms with Gasteiger partial charge in [-0.2, -0.15) is 0 Å². The van der Waals surface area contributed by atoms with E-state index in [9.17, 15) is 9.46 Å². The van der Waals surface area contributed by atoms with E-state index in [-0.39, 0.29) is 6.61 Å². The van der Waals surface area contributed by atoms with E-state index in [4.69, 9.17) is 9.05 Å². The summed E-state index contributed by atoms with van der Waals surface area (Å²) < 4.78 is 22.7. The third kappa shape index (κ3) is 15.5. The SMILES string of the molecule is CCCCCCCCCCCCCCCCCCOP(=O)([O-])OC=C1CCCC[N+]1(C)C. The zero-order valence-corrected chi connectivity index (χ0v) is 22.3. The van der Waals surface area contributed by atoms with Crippen LogP contribution in [-0.4, -0.2) is 31.7 Å². The van der Waals surface area contributed by atoms with Crippen molar-refractivity contribution in [3.63, 3.8) is 0 Å². The third-order valence-corrected chi connectivity index (χ3v) is 7.61. The highest BCUT2D eigenvalue weighted by atomic mass is 31.2. The molecule has 0 aromatic carbocycles. The van der Waals surface area contributed by atoms with Crippen molar-refractivity contribution in [1.29, 1.82) is 0 Å². The molecule has 0 aromatic heterocycles. The molecule has 0 saturated carbocycles. The van der Waals surface area contributed by atoms with Crippen molar-refractivity contribution < 1.29 is 23.0 Å². The molecule has 1 aliphatic heterocycles.